The molecule has 0 aromatic carbocycles. The first-order valence-electron chi connectivity index (χ1n) is 2.29. The second-order valence-electron chi connectivity index (χ2n) is 1.38. The van der Waals surface area contributed by atoms with E-state index in [2.05, 4.69) is 11.8 Å². The van der Waals surface area contributed by atoms with E-state index in [1.807, 2.05) is 6.92 Å². The van der Waals surface area contributed by atoms with E-state index in [0.717, 1.165) is 6.42 Å². The van der Waals surface area contributed by atoms with Crippen molar-refractivity contribution in [1.82, 2.24) is 0 Å². The topological polar surface area (TPSA) is 40.5 Å². The SMILES string of the molecule is CC/C=C/P(O)(O)=S. The van der Waals surface area contributed by atoms with Gasteiger partial charge in [-0.25, -0.2) is 0 Å². The van der Waals surface area contributed by atoms with E-state index in [1.165, 1.54) is 5.82 Å². The van der Waals surface area contributed by atoms with E-state index < -0.39 is 6.49 Å². The highest BCUT2D eigenvalue weighted by Gasteiger charge is 1.96. The van der Waals surface area contributed by atoms with E-state index in [4.69, 9.17) is 9.79 Å². The van der Waals surface area contributed by atoms with Crippen LogP contribution in [0.3, 0.4) is 0 Å². The van der Waals surface area contributed by atoms with Gasteiger partial charge in [-0.2, -0.15) is 0 Å². The van der Waals surface area contributed by atoms with Crippen LogP contribution in [0.15, 0.2) is 11.9 Å². The molecular formula is C4H9O2PS. The highest BCUT2D eigenvalue weighted by molar-refractivity contribution is 8.10. The standard InChI is InChI=1S/C4H9O2PS/c1-2-3-4-7(5,6)8/h3-4H,2H2,1H3,(H2,5,6,8)/b4-3+. The molecule has 0 aromatic heterocycles. The number of allylic oxidation sites excluding steroid dienone is 1. The van der Waals surface area contributed by atoms with Crippen molar-refractivity contribution in [3.63, 3.8) is 0 Å². The molecule has 0 aliphatic carbocycles. The Bertz CT molecular complexity index is 126. The van der Waals surface area contributed by atoms with Gasteiger partial charge in [0, 0.05) is 0 Å². The lowest BCUT2D eigenvalue weighted by Crippen LogP contribution is -1.66. The molecule has 4 heteroatoms. The Morgan fingerprint density at radius 1 is 1.62 bits per heavy atom. The first-order chi connectivity index (χ1) is 3.56. The normalized spacial score (nSPS) is 12.9. The summed E-state index contributed by atoms with van der Waals surface area (Å²) < 4.78 is 0. The zero-order valence-corrected chi connectivity index (χ0v) is 6.32. The quantitative estimate of drug-likeness (QED) is 0.584. The average Bonchev–Trinajstić information content (AvgIpc) is 1.59. The molecule has 0 spiro atoms. The highest BCUT2D eigenvalue weighted by atomic mass is 32.5. The molecule has 0 fully saturated rings. The molecule has 2 nitrogen and oxygen atoms in total. The molecule has 0 unspecified atom stereocenters. The Morgan fingerprint density at radius 2 is 2.12 bits per heavy atom. The van der Waals surface area contributed by atoms with E-state index in [1.54, 1.807) is 6.08 Å². The number of hydrogen-bond acceptors (Lipinski definition) is 1. The van der Waals surface area contributed by atoms with Crippen molar-refractivity contribution >= 4 is 18.3 Å². The summed E-state index contributed by atoms with van der Waals surface area (Å²) in [4.78, 5) is 17.1. The lowest BCUT2D eigenvalue weighted by atomic mass is 10.5. The summed E-state index contributed by atoms with van der Waals surface area (Å²) in [6.45, 7) is -1.13. The minimum atomic E-state index is -3.03. The molecule has 0 bridgehead atoms. The molecule has 0 rings (SSSR count). The Hall–Kier alpha value is 0.310. The van der Waals surface area contributed by atoms with Gasteiger partial charge >= 0.3 is 0 Å². The Kier molecular flexibility index (Phi) is 3.49. The maximum absolute atomic E-state index is 8.54. The third-order valence-electron chi connectivity index (χ3n) is 0.535. The summed E-state index contributed by atoms with van der Waals surface area (Å²) >= 11 is 4.29. The van der Waals surface area contributed by atoms with Gasteiger partial charge in [0.05, 0.1) is 0 Å². The van der Waals surface area contributed by atoms with Crippen molar-refractivity contribution in [1.29, 1.82) is 0 Å². The van der Waals surface area contributed by atoms with Gasteiger partial charge in [-0.1, -0.05) is 13.0 Å². The summed E-state index contributed by atoms with van der Waals surface area (Å²) in [5, 5.41) is 0. The van der Waals surface area contributed by atoms with Crippen LogP contribution in [-0.4, -0.2) is 9.79 Å². The Labute approximate surface area is 54.0 Å². The maximum atomic E-state index is 8.54. The molecule has 0 heterocycles. The van der Waals surface area contributed by atoms with Crippen molar-refractivity contribution in [2.24, 2.45) is 0 Å². The number of rotatable bonds is 2. The van der Waals surface area contributed by atoms with E-state index in [-0.39, 0.29) is 0 Å². The molecule has 0 aromatic rings. The Morgan fingerprint density at radius 3 is 2.25 bits per heavy atom. The van der Waals surface area contributed by atoms with Crippen molar-refractivity contribution < 1.29 is 9.79 Å². The lowest BCUT2D eigenvalue weighted by Gasteiger charge is -1.95. The predicted molar refractivity (Wildman–Crippen MR) is 38.2 cm³/mol. The van der Waals surface area contributed by atoms with Crippen LogP contribution in [0.4, 0.5) is 0 Å². The monoisotopic (exact) mass is 152 g/mol. The second kappa shape index (κ2) is 3.36. The first-order valence-corrected chi connectivity index (χ1v) is 5.07. The largest absolute Gasteiger partial charge is 0.342 e. The van der Waals surface area contributed by atoms with Crippen LogP contribution in [-0.2, 0) is 11.8 Å². The van der Waals surface area contributed by atoms with Crippen molar-refractivity contribution in [2.75, 3.05) is 0 Å². The van der Waals surface area contributed by atoms with Gasteiger partial charge in [0.25, 0.3) is 0 Å². The minimum absolute atomic E-state index is 0.791. The molecule has 0 saturated heterocycles. The lowest BCUT2D eigenvalue weighted by molar-refractivity contribution is 0.492. The third-order valence-corrected chi connectivity index (χ3v) is 1.50. The van der Waals surface area contributed by atoms with Crippen LogP contribution in [0.2, 0.25) is 0 Å². The van der Waals surface area contributed by atoms with Crippen LogP contribution >= 0.6 is 6.49 Å². The van der Waals surface area contributed by atoms with Gasteiger partial charge < -0.3 is 9.79 Å². The highest BCUT2D eigenvalue weighted by Crippen LogP contribution is 2.36. The molecule has 0 aliphatic heterocycles. The fraction of sp³-hybridized carbons (Fsp3) is 0.500. The smallest absolute Gasteiger partial charge is 0.206 e. The zero-order chi connectivity index (χ0) is 6.62. The van der Waals surface area contributed by atoms with Crippen LogP contribution in [0, 0.1) is 0 Å². The van der Waals surface area contributed by atoms with Gasteiger partial charge in [-0.05, 0) is 24.0 Å². The van der Waals surface area contributed by atoms with Gasteiger partial charge in [0.15, 0.2) is 0 Å². The molecule has 0 atom stereocenters. The minimum Gasteiger partial charge on any atom is -0.342 e. The van der Waals surface area contributed by atoms with Crippen LogP contribution < -0.4 is 0 Å². The summed E-state index contributed by atoms with van der Waals surface area (Å²) in [5.74, 6) is 1.28. The molecule has 0 aliphatic rings. The van der Waals surface area contributed by atoms with Gasteiger partial charge in [-0.3, -0.25) is 0 Å². The van der Waals surface area contributed by atoms with Gasteiger partial charge in [-0.15, -0.1) is 0 Å². The van der Waals surface area contributed by atoms with Gasteiger partial charge in [0.2, 0.25) is 6.49 Å². The molecule has 0 radical (unpaired) electrons. The Balaban J connectivity index is 3.71. The molecule has 48 valence electrons. The van der Waals surface area contributed by atoms with Crippen LogP contribution in [0.25, 0.3) is 0 Å². The zero-order valence-electron chi connectivity index (χ0n) is 4.61. The predicted octanol–water partition coefficient (Wildman–Crippen LogP) is 1.20. The second-order valence-corrected chi connectivity index (χ2v) is 4.47. The van der Waals surface area contributed by atoms with E-state index in [9.17, 15) is 0 Å². The maximum Gasteiger partial charge on any atom is 0.206 e. The van der Waals surface area contributed by atoms with Crippen LogP contribution in [0.1, 0.15) is 13.3 Å². The third kappa shape index (κ3) is 6.31. The first kappa shape index (κ1) is 8.31. The van der Waals surface area contributed by atoms with Gasteiger partial charge in [0.1, 0.15) is 0 Å². The average molecular weight is 152 g/mol. The van der Waals surface area contributed by atoms with Crippen LogP contribution in [0.5, 0.6) is 0 Å². The van der Waals surface area contributed by atoms with E-state index in [0.29, 0.717) is 0 Å². The molecule has 8 heavy (non-hydrogen) atoms. The van der Waals surface area contributed by atoms with E-state index >= 15 is 0 Å². The molecular weight excluding hydrogens is 143 g/mol. The molecule has 0 saturated carbocycles. The fourth-order valence-corrected chi connectivity index (χ4v) is 0.986. The fourth-order valence-electron chi connectivity index (χ4n) is 0.243. The summed E-state index contributed by atoms with van der Waals surface area (Å²) in [6, 6.07) is 0. The summed E-state index contributed by atoms with van der Waals surface area (Å²) in [5.41, 5.74) is 0. The summed E-state index contributed by atoms with van der Waals surface area (Å²) in [6.07, 6.45) is 2.44. The summed E-state index contributed by atoms with van der Waals surface area (Å²) in [7, 11) is 0. The number of hydrogen-bond donors (Lipinski definition) is 2. The van der Waals surface area contributed by atoms with Crippen molar-refractivity contribution in [3.8, 4) is 0 Å². The molecule has 0 amide bonds. The van der Waals surface area contributed by atoms with Crippen molar-refractivity contribution in [3.05, 3.63) is 11.9 Å². The van der Waals surface area contributed by atoms with Crippen molar-refractivity contribution in [2.45, 2.75) is 13.3 Å². The molecule has 2 N–H and O–H groups in total.